The van der Waals surface area contributed by atoms with Crippen molar-refractivity contribution in [1.29, 1.82) is 0 Å². The van der Waals surface area contributed by atoms with Gasteiger partial charge in [-0.1, -0.05) is 6.08 Å². The Kier molecular flexibility index (Phi) is 3.10. The molecule has 1 rings (SSSR count). The van der Waals surface area contributed by atoms with Gasteiger partial charge in [-0.25, -0.2) is 4.79 Å². The maximum atomic E-state index is 11.0. The molecule has 64 valence electrons. The highest BCUT2D eigenvalue weighted by atomic mass is 17.2. The van der Waals surface area contributed by atoms with E-state index >= 15 is 0 Å². The summed E-state index contributed by atoms with van der Waals surface area (Å²) < 4.78 is 0. The molecule has 0 spiro atoms. The fourth-order valence-corrected chi connectivity index (χ4v) is 0.638. The SMILES string of the molecule is C=CCOOC(=O)c1ccc[nH]1. The van der Waals surface area contributed by atoms with Crippen molar-refractivity contribution in [1.82, 2.24) is 4.98 Å². The summed E-state index contributed by atoms with van der Waals surface area (Å²) in [7, 11) is 0. The quantitative estimate of drug-likeness (QED) is 0.318. The second-order valence-corrected chi connectivity index (χ2v) is 2.03. The number of carbonyl (C=O) groups excluding carboxylic acids is 1. The Labute approximate surface area is 69.7 Å². The van der Waals surface area contributed by atoms with E-state index < -0.39 is 5.97 Å². The number of aromatic amines is 1. The minimum atomic E-state index is -0.540. The van der Waals surface area contributed by atoms with E-state index in [1.165, 1.54) is 6.08 Å². The molecule has 0 aliphatic heterocycles. The molecule has 0 atom stereocenters. The fourth-order valence-electron chi connectivity index (χ4n) is 0.638. The number of carbonyl (C=O) groups is 1. The molecule has 4 nitrogen and oxygen atoms in total. The molecule has 0 fully saturated rings. The van der Waals surface area contributed by atoms with Crippen LogP contribution < -0.4 is 0 Å². The molecule has 0 aromatic carbocycles. The number of hydrogen-bond donors (Lipinski definition) is 1. The van der Waals surface area contributed by atoms with E-state index in [1.807, 2.05) is 0 Å². The first kappa shape index (κ1) is 8.55. The van der Waals surface area contributed by atoms with E-state index in [1.54, 1.807) is 18.3 Å². The van der Waals surface area contributed by atoms with Gasteiger partial charge in [-0.05, 0) is 12.1 Å². The normalized spacial score (nSPS) is 9.33. The summed E-state index contributed by atoms with van der Waals surface area (Å²) in [5.74, 6) is -0.540. The van der Waals surface area contributed by atoms with Gasteiger partial charge in [0.05, 0.1) is 0 Å². The molecule has 0 aliphatic carbocycles. The summed E-state index contributed by atoms with van der Waals surface area (Å²) >= 11 is 0. The molecule has 0 bridgehead atoms. The third-order valence-electron chi connectivity index (χ3n) is 1.14. The van der Waals surface area contributed by atoms with Crippen LogP contribution in [0.25, 0.3) is 0 Å². The van der Waals surface area contributed by atoms with Gasteiger partial charge in [0, 0.05) is 6.20 Å². The van der Waals surface area contributed by atoms with Gasteiger partial charge in [0.15, 0.2) is 0 Å². The summed E-state index contributed by atoms with van der Waals surface area (Å²) in [6.45, 7) is 3.58. The number of H-pyrrole nitrogens is 1. The number of nitrogens with one attached hydrogen (secondary N) is 1. The summed E-state index contributed by atoms with van der Waals surface area (Å²) in [5.41, 5.74) is 0.360. The van der Waals surface area contributed by atoms with Gasteiger partial charge in [-0.3, -0.25) is 4.89 Å². The van der Waals surface area contributed by atoms with Crippen molar-refractivity contribution in [3.63, 3.8) is 0 Å². The van der Waals surface area contributed by atoms with E-state index in [4.69, 9.17) is 0 Å². The van der Waals surface area contributed by atoms with Crippen molar-refractivity contribution in [2.45, 2.75) is 0 Å². The van der Waals surface area contributed by atoms with E-state index in [-0.39, 0.29) is 6.61 Å². The smallest absolute Gasteiger partial charge is 0.356 e. The lowest BCUT2D eigenvalue weighted by Gasteiger charge is -1.97. The van der Waals surface area contributed by atoms with E-state index in [9.17, 15) is 4.79 Å². The van der Waals surface area contributed by atoms with Gasteiger partial charge in [-0.2, -0.15) is 4.89 Å². The van der Waals surface area contributed by atoms with E-state index in [2.05, 4.69) is 21.3 Å². The Morgan fingerprint density at radius 2 is 2.58 bits per heavy atom. The first-order chi connectivity index (χ1) is 5.84. The van der Waals surface area contributed by atoms with Crippen LogP contribution in [0.1, 0.15) is 10.5 Å². The third kappa shape index (κ3) is 2.25. The fraction of sp³-hybridized carbons (Fsp3) is 0.125. The predicted molar refractivity (Wildman–Crippen MR) is 42.4 cm³/mol. The minimum absolute atomic E-state index is 0.187. The molecule has 0 radical (unpaired) electrons. The van der Waals surface area contributed by atoms with Crippen LogP contribution in [-0.2, 0) is 9.78 Å². The van der Waals surface area contributed by atoms with E-state index in [0.29, 0.717) is 5.69 Å². The Balaban J connectivity index is 2.34. The van der Waals surface area contributed by atoms with Gasteiger partial charge in [0.1, 0.15) is 12.3 Å². The topological polar surface area (TPSA) is 51.3 Å². The maximum Gasteiger partial charge on any atom is 0.389 e. The molecule has 12 heavy (non-hydrogen) atoms. The molecule has 0 unspecified atom stereocenters. The zero-order valence-corrected chi connectivity index (χ0v) is 6.45. The number of hydrogen-bond acceptors (Lipinski definition) is 3. The zero-order valence-electron chi connectivity index (χ0n) is 6.45. The average molecular weight is 167 g/mol. The maximum absolute atomic E-state index is 11.0. The molecule has 1 aromatic heterocycles. The van der Waals surface area contributed by atoms with Crippen LogP contribution in [0.4, 0.5) is 0 Å². The van der Waals surface area contributed by atoms with Crippen molar-refractivity contribution in [3.05, 3.63) is 36.7 Å². The average Bonchev–Trinajstić information content (AvgIpc) is 2.56. The predicted octanol–water partition coefficient (Wildman–Crippen LogP) is 1.29. The van der Waals surface area contributed by atoms with Gasteiger partial charge >= 0.3 is 5.97 Å². The lowest BCUT2D eigenvalue weighted by Crippen LogP contribution is -2.06. The molecular formula is C8H9NO3. The van der Waals surface area contributed by atoms with Crippen molar-refractivity contribution in [2.24, 2.45) is 0 Å². The highest BCUT2D eigenvalue weighted by molar-refractivity contribution is 5.86. The van der Waals surface area contributed by atoms with Crippen molar-refractivity contribution in [3.8, 4) is 0 Å². The van der Waals surface area contributed by atoms with E-state index in [0.717, 1.165) is 0 Å². The lowest BCUT2D eigenvalue weighted by molar-refractivity contribution is -0.231. The molecule has 0 aliphatic rings. The van der Waals surface area contributed by atoms with Gasteiger partial charge < -0.3 is 4.98 Å². The van der Waals surface area contributed by atoms with Crippen LogP contribution in [0.5, 0.6) is 0 Å². The summed E-state index contributed by atoms with van der Waals surface area (Å²) in [6, 6.07) is 3.30. The Morgan fingerprint density at radius 1 is 1.75 bits per heavy atom. The Morgan fingerprint density at radius 3 is 3.17 bits per heavy atom. The van der Waals surface area contributed by atoms with Gasteiger partial charge in [0.25, 0.3) is 0 Å². The van der Waals surface area contributed by atoms with Crippen molar-refractivity contribution in [2.75, 3.05) is 6.61 Å². The van der Waals surface area contributed by atoms with Crippen molar-refractivity contribution < 1.29 is 14.6 Å². The van der Waals surface area contributed by atoms with Crippen LogP contribution in [0.2, 0.25) is 0 Å². The first-order valence-corrected chi connectivity index (χ1v) is 3.42. The van der Waals surface area contributed by atoms with Crippen LogP contribution in [-0.4, -0.2) is 17.6 Å². The molecular weight excluding hydrogens is 158 g/mol. The molecule has 1 aromatic rings. The molecule has 1 N–H and O–H groups in total. The van der Waals surface area contributed by atoms with Crippen LogP contribution in [0.15, 0.2) is 31.0 Å². The monoisotopic (exact) mass is 167 g/mol. The van der Waals surface area contributed by atoms with Gasteiger partial charge in [-0.15, -0.1) is 6.58 Å². The standard InChI is InChI=1S/C8H9NO3/c1-2-6-11-12-8(10)7-4-3-5-9-7/h2-5,9H,1,6H2. The number of rotatable bonds is 4. The van der Waals surface area contributed by atoms with Gasteiger partial charge in [0.2, 0.25) is 0 Å². The Hall–Kier alpha value is -1.55. The zero-order chi connectivity index (χ0) is 8.81. The first-order valence-electron chi connectivity index (χ1n) is 3.42. The van der Waals surface area contributed by atoms with Crippen LogP contribution in [0.3, 0.4) is 0 Å². The second-order valence-electron chi connectivity index (χ2n) is 2.03. The van der Waals surface area contributed by atoms with Crippen molar-refractivity contribution >= 4 is 5.97 Å². The second kappa shape index (κ2) is 4.35. The lowest BCUT2D eigenvalue weighted by atomic mass is 10.4. The van der Waals surface area contributed by atoms with Crippen LogP contribution >= 0.6 is 0 Å². The summed E-state index contributed by atoms with van der Waals surface area (Å²) in [6.07, 6.45) is 3.12. The third-order valence-corrected chi connectivity index (χ3v) is 1.14. The molecule has 0 saturated carbocycles. The highest BCUT2D eigenvalue weighted by Gasteiger charge is 2.07. The molecule has 0 saturated heterocycles. The number of aromatic nitrogens is 1. The Bertz CT molecular complexity index is 253. The largest absolute Gasteiger partial charge is 0.389 e. The molecule has 4 heteroatoms. The summed E-state index contributed by atoms with van der Waals surface area (Å²) in [4.78, 5) is 22.5. The minimum Gasteiger partial charge on any atom is -0.356 e. The molecule has 0 amide bonds. The summed E-state index contributed by atoms with van der Waals surface area (Å²) in [5, 5.41) is 0. The highest BCUT2D eigenvalue weighted by Crippen LogP contribution is 1.97. The molecule has 1 heterocycles. The van der Waals surface area contributed by atoms with Crippen LogP contribution in [0, 0.1) is 0 Å².